The Morgan fingerprint density at radius 1 is 1.08 bits per heavy atom. The summed E-state index contributed by atoms with van der Waals surface area (Å²) in [5, 5.41) is 11.4. The van der Waals surface area contributed by atoms with E-state index in [0.717, 1.165) is 16.0 Å². The number of carbonyl (C=O) groups excluding carboxylic acids is 2. The van der Waals surface area contributed by atoms with E-state index in [0.29, 0.717) is 24.3 Å². The van der Waals surface area contributed by atoms with Crippen molar-refractivity contribution in [2.24, 2.45) is 0 Å². The van der Waals surface area contributed by atoms with Crippen molar-refractivity contribution < 1.29 is 28.9 Å². The minimum absolute atomic E-state index is 0.0720. The second-order valence-electron chi connectivity index (χ2n) is 8.41. The molecule has 1 heterocycles. The van der Waals surface area contributed by atoms with Crippen molar-refractivity contribution >= 4 is 23.6 Å². The SMILES string of the molecule is CCOC(C(=O)N1C(=O)OCC1Cc1ccccc1)C(O)c1ccc(OCc2ccccc2)cc1Cl. The van der Waals surface area contributed by atoms with Gasteiger partial charge in [-0.2, -0.15) is 0 Å². The minimum atomic E-state index is -1.40. The zero-order chi connectivity index (χ0) is 25.5. The standard InChI is InChI=1S/C28H28ClNO6/c1-2-34-26(27(32)30-21(18-36-28(30)33)15-19-9-5-3-6-10-19)25(31)23-14-13-22(16-24(23)29)35-17-20-11-7-4-8-12-20/h3-14,16,21,25-26,31H,2,15,17-18H2,1H3. The van der Waals surface area contributed by atoms with E-state index in [-0.39, 0.29) is 18.2 Å². The molecule has 0 bridgehead atoms. The molecule has 8 heteroatoms. The van der Waals surface area contributed by atoms with E-state index in [1.807, 2.05) is 60.7 Å². The van der Waals surface area contributed by atoms with Crippen LogP contribution in [0.2, 0.25) is 5.02 Å². The molecule has 1 N–H and O–H groups in total. The lowest BCUT2D eigenvalue weighted by atomic mass is 10.0. The smallest absolute Gasteiger partial charge is 0.417 e. The Morgan fingerprint density at radius 3 is 2.39 bits per heavy atom. The van der Waals surface area contributed by atoms with Crippen LogP contribution in [0.25, 0.3) is 0 Å². The lowest BCUT2D eigenvalue weighted by molar-refractivity contribution is -0.149. The maximum absolute atomic E-state index is 13.5. The molecule has 3 unspecified atom stereocenters. The minimum Gasteiger partial charge on any atom is -0.489 e. The molecule has 3 aromatic rings. The molecule has 1 aliphatic rings. The van der Waals surface area contributed by atoms with Gasteiger partial charge in [0.2, 0.25) is 0 Å². The van der Waals surface area contributed by atoms with Gasteiger partial charge in [0.05, 0.1) is 11.1 Å². The van der Waals surface area contributed by atoms with Gasteiger partial charge in [-0.05, 0) is 36.6 Å². The zero-order valence-electron chi connectivity index (χ0n) is 19.9. The van der Waals surface area contributed by atoms with Crippen LogP contribution in [0, 0.1) is 0 Å². The number of nitrogens with zero attached hydrogens (tertiary/aromatic N) is 1. The predicted octanol–water partition coefficient (Wildman–Crippen LogP) is 4.95. The first kappa shape index (κ1) is 25.7. The highest BCUT2D eigenvalue weighted by Crippen LogP contribution is 2.32. The summed E-state index contributed by atoms with van der Waals surface area (Å²) >= 11 is 6.47. The van der Waals surface area contributed by atoms with E-state index in [1.165, 1.54) is 0 Å². The number of halogens is 1. The van der Waals surface area contributed by atoms with Crippen molar-refractivity contribution in [2.75, 3.05) is 13.2 Å². The Labute approximate surface area is 215 Å². The van der Waals surface area contributed by atoms with Crippen molar-refractivity contribution in [2.45, 2.75) is 38.2 Å². The van der Waals surface area contributed by atoms with Crippen molar-refractivity contribution in [1.82, 2.24) is 4.90 Å². The summed E-state index contributed by atoms with van der Waals surface area (Å²) in [4.78, 5) is 27.0. The fourth-order valence-corrected chi connectivity index (χ4v) is 4.40. The van der Waals surface area contributed by atoms with Crippen LogP contribution in [0.4, 0.5) is 4.79 Å². The number of ether oxygens (including phenoxy) is 3. The Hall–Kier alpha value is -3.39. The van der Waals surface area contributed by atoms with Crippen LogP contribution in [0.5, 0.6) is 5.75 Å². The van der Waals surface area contributed by atoms with Crippen molar-refractivity contribution in [3.8, 4) is 5.75 Å². The van der Waals surface area contributed by atoms with Crippen molar-refractivity contribution in [1.29, 1.82) is 0 Å². The van der Waals surface area contributed by atoms with Gasteiger partial charge in [-0.15, -0.1) is 0 Å². The summed E-state index contributed by atoms with van der Waals surface area (Å²) in [5.41, 5.74) is 2.26. The molecule has 0 spiro atoms. The second kappa shape index (κ2) is 12.0. The first-order chi connectivity index (χ1) is 17.5. The lowest BCUT2D eigenvalue weighted by Crippen LogP contribution is -2.48. The average Bonchev–Trinajstić information content (AvgIpc) is 3.26. The lowest BCUT2D eigenvalue weighted by Gasteiger charge is -2.28. The molecule has 3 aromatic carbocycles. The van der Waals surface area contributed by atoms with E-state index in [2.05, 4.69) is 0 Å². The van der Waals surface area contributed by atoms with Gasteiger partial charge in [0, 0.05) is 12.2 Å². The normalized spacial score (nSPS) is 16.9. The molecule has 0 radical (unpaired) electrons. The number of amides is 2. The molecule has 0 aliphatic carbocycles. The quantitative estimate of drug-likeness (QED) is 0.416. The molecular formula is C28H28ClNO6. The average molecular weight is 510 g/mol. The maximum Gasteiger partial charge on any atom is 0.417 e. The fraction of sp³-hybridized carbons (Fsp3) is 0.286. The molecule has 4 rings (SSSR count). The van der Waals surface area contributed by atoms with E-state index >= 15 is 0 Å². The number of rotatable bonds is 10. The number of benzene rings is 3. The molecule has 36 heavy (non-hydrogen) atoms. The molecule has 188 valence electrons. The van der Waals surface area contributed by atoms with Crippen LogP contribution in [0.3, 0.4) is 0 Å². The highest BCUT2D eigenvalue weighted by Gasteiger charge is 2.44. The van der Waals surface area contributed by atoms with Gasteiger partial charge in [-0.1, -0.05) is 78.3 Å². The van der Waals surface area contributed by atoms with Crippen LogP contribution < -0.4 is 4.74 Å². The largest absolute Gasteiger partial charge is 0.489 e. The van der Waals surface area contributed by atoms with Crippen LogP contribution >= 0.6 is 11.6 Å². The van der Waals surface area contributed by atoms with E-state index in [1.54, 1.807) is 25.1 Å². The monoisotopic (exact) mass is 509 g/mol. The number of aliphatic hydroxyl groups is 1. The summed E-state index contributed by atoms with van der Waals surface area (Å²) in [7, 11) is 0. The number of aliphatic hydroxyl groups excluding tert-OH is 1. The summed E-state index contributed by atoms with van der Waals surface area (Å²) in [6.45, 7) is 2.29. The van der Waals surface area contributed by atoms with Crippen molar-refractivity contribution in [3.05, 3.63) is 101 Å². The first-order valence-electron chi connectivity index (χ1n) is 11.8. The first-order valence-corrected chi connectivity index (χ1v) is 12.1. The molecule has 1 aliphatic heterocycles. The molecular weight excluding hydrogens is 482 g/mol. The Bertz CT molecular complexity index is 1170. The topological polar surface area (TPSA) is 85.3 Å². The van der Waals surface area contributed by atoms with E-state index in [4.69, 9.17) is 25.8 Å². The zero-order valence-corrected chi connectivity index (χ0v) is 20.6. The number of cyclic esters (lactones) is 1. The van der Waals surface area contributed by atoms with Gasteiger partial charge in [0.25, 0.3) is 5.91 Å². The van der Waals surface area contributed by atoms with Crippen LogP contribution in [-0.2, 0) is 27.3 Å². The number of imide groups is 1. The molecule has 2 amide bonds. The predicted molar refractivity (Wildman–Crippen MR) is 135 cm³/mol. The van der Waals surface area contributed by atoms with Gasteiger partial charge in [-0.3, -0.25) is 4.79 Å². The highest BCUT2D eigenvalue weighted by atomic mass is 35.5. The molecule has 0 saturated carbocycles. The second-order valence-corrected chi connectivity index (χ2v) is 8.81. The third-order valence-corrected chi connectivity index (χ3v) is 6.26. The Kier molecular flexibility index (Phi) is 8.59. The van der Waals surface area contributed by atoms with Gasteiger partial charge in [0.15, 0.2) is 6.10 Å². The molecule has 3 atom stereocenters. The van der Waals surface area contributed by atoms with Gasteiger partial charge >= 0.3 is 6.09 Å². The van der Waals surface area contributed by atoms with Crippen molar-refractivity contribution in [3.63, 3.8) is 0 Å². The summed E-state index contributed by atoms with van der Waals surface area (Å²) < 4.78 is 16.6. The van der Waals surface area contributed by atoms with Gasteiger partial charge < -0.3 is 19.3 Å². The van der Waals surface area contributed by atoms with E-state index in [9.17, 15) is 14.7 Å². The fourth-order valence-electron chi connectivity index (χ4n) is 4.12. The van der Waals surface area contributed by atoms with Gasteiger partial charge in [-0.25, -0.2) is 9.69 Å². The summed E-state index contributed by atoms with van der Waals surface area (Å²) in [6.07, 6.45) is -3.07. The molecule has 1 fully saturated rings. The number of hydrogen-bond acceptors (Lipinski definition) is 6. The molecule has 1 saturated heterocycles. The van der Waals surface area contributed by atoms with E-state index < -0.39 is 30.3 Å². The van der Waals surface area contributed by atoms with Crippen LogP contribution in [0.15, 0.2) is 78.9 Å². The Morgan fingerprint density at radius 2 is 1.75 bits per heavy atom. The summed E-state index contributed by atoms with van der Waals surface area (Å²) in [6, 6.07) is 23.5. The summed E-state index contributed by atoms with van der Waals surface area (Å²) in [5.74, 6) is -0.154. The van der Waals surface area contributed by atoms with Crippen LogP contribution in [-0.4, -0.2) is 47.4 Å². The molecule has 0 aromatic heterocycles. The highest BCUT2D eigenvalue weighted by molar-refractivity contribution is 6.31. The maximum atomic E-state index is 13.5. The number of carbonyl (C=O) groups is 2. The Balaban J connectivity index is 1.49. The number of hydrogen-bond donors (Lipinski definition) is 1. The molecule has 7 nitrogen and oxygen atoms in total. The third-order valence-electron chi connectivity index (χ3n) is 5.93. The third kappa shape index (κ3) is 6.05. The van der Waals surface area contributed by atoms with Gasteiger partial charge in [0.1, 0.15) is 25.1 Å². The van der Waals surface area contributed by atoms with Crippen LogP contribution in [0.1, 0.15) is 29.7 Å².